The maximum absolute atomic E-state index is 13.1. The number of ether oxygens (including phenoxy) is 1. The number of rotatable bonds is 8. The average molecular weight is 463 g/mol. The maximum atomic E-state index is 13.1. The lowest BCUT2D eigenvalue weighted by Gasteiger charge is -2.25. The molecular weight excluding hydrogens is 432 g/mol. The highest BCUT2D eigenvalue weighted by Crippen LogP contribution is 2.19. The van der Waals surface area contributed by atoms with Crippen molar-refractivity contribution in [3.63, 3.8) is 0 Å². The highest BCUT2D eigenvalue weighted by molar-refractivity contribution is 5.95. The molecule has 1 aromatic heterocycles. The van der Waals surface area contributed by atoms with Crippen molar-refractivity contribution in [2.45, 2.75) is 45.6 Å². The first-order valence-corrected chi connectivity index (χ1v) is 11.6. The summed E-state index contributed by atoms with van der Waals surface area (Å²) in [6.45, 7) is 4.88. The molecule has 0 unspecified atom stereocenters. The predicted molar refractivity (Wildman–Crippen MR) is 131 cm³/mol. The van der Waals surface area contributed by atoms with Gasteiger partial charge in [-0.15, -0.1) is 0 Å². The van der Waals surface area contributed by atoms with Gasteiger partial charge in [0.15, 0.2) is 0 Å². The first-order chi connectivity index (χ1) is 16.4. The zero-order valence-corrected chi connectivity index (χ0v) is 19.6. The average Bonchev–Trinajstić information content (AvgIpc) is 3.33. The van der Waals surface area contributed by atoms with Gasteiger partial charge < -0.3 is 19.9 Å². The molecule has 0 saturated carbocycles. The van der Waals surface area contributed by atoms with E-state index in [9.17, 15) is 14.4 Å². The molecule has 4 rings (SSSR count). The number of nitrogens with zero attached hydrogens (tertiary/aromatic N) is 2. The molecule has 0 aliphatic carbocycles. The molecule has 1 aliphatic heterocycles. The lowest BCUT2D eigenvalue weighted by atomic mass is 10.1. The first-order valence-electron chi connectivity index (χ1n) is 11.6. The number of aromatic amines is 1. The fourth-order valence-electron chi connectivity index (χ4n) is 4.16. The van der Waals surface area contributed by atoms with Gasteiger partial charge >= 0.3 is 0 Å². The summed E-state index contributed by atoms with van der Waals surface area (Å²) in [5.74, 6) is -0.470. The van der Waals surface area contributed by atoms with Crippen molar-refractivity contribution >= 4 is 28.5 Å². The van der Waals surface area contributed by atoms with Crippen LogP contribution in [-0.2, 0) is 20.7 Å². The molecule has 2 N–H and O–H groups in total. The zero-order valence-electron chi connectivity index (χ0n) is 19.6. The largest absolute Gasteiger partial charge is 0.376 e. The highest BCUT2D eigenvalue weighted by atomic mass is 16.5. The van der Waals surface area contributed by atoms with Crippen molar-refractivity contribution in [3.05, 3.63) is 69.6 Å². The molecule has 178 valence electrons. The van der Waals surface area contributed by atoms with E-state index >= 15 is 0 Å². The standard InChI is InChI=1S/C26H30N4O4/c1-17-7-5-11-20(18(17)2)28-24(31)16-30(15-19-8-6-14-34-19)25(32)13-12-23-26(33)29-22-10-4-3-9-21(22)27-23/h3-5,7,9-11,19H,6,8,12-16H2,1-2H3,(H,28,31)(H,29,33)/t19-/m1/s1. The quantitative estimate of drug-likeness (QED) is 0.535. The number of benzene rings is 2. The van der Waals surface area contributed by atoms with E-state index in [0.29, 0.717) is 29.9 Å². The van der Waals surface area contributed by atoms with Crippen molar-refractivity contribution in [1.82, 2.24) is 14.9 Å². The van der Waals surface area contributed by atoms with Gasteiger partial charge in [0.25, 0.3) is 5.56 Å². The summed E-state index contributed by atoms with van der Waals surface area (Å²) in [5, 5.41) is 2.92. The van der Waals surface area contributed by atoms with Gasteiger partial charge in [0, 0.05) is 31.7 Å². The maximum Gasteiger partial charge on any atom is 0.270 e. The smallest absolute Gasteiger partial charge is 0.270 e. The van der Waals surface area contributed by atoms with Crippen LogP contribution in [0.4, 0.5) is 5.69 Å². The third-order valence-electron chi connectivity index (χ3n) is 6.26. The van der Waals surface area contributed by atoms with Crippen LogP contribution in [0.3, 0.4) is 0 Å². The summed E-state index contributed by atoms with van der Waals surface area (Å²) in [4.78, 5) is 47.1. The molecule has 34 heavy (non-hydrogen) atoms. The van der Waals surface area contributed by atoms with E-state index in [-0.39, 0.29) is 42.9 Å². The second-order valence-corrected chi connectivity index (χ2v) is 8.73. The van der Waals surface area contributed by atoms with Gasteiger partial charge in [-0.25, -0.2) is 4.98 Å². The SMILES string of the molecule is Cc1cccc(NC(=O)CN(C[C@H]2CCCO2)C(=O)CCc2nc3ccccc3[nH]c2=O)c1C. The third kappa shape index (κ3) is 5.69. The Morgan fingerprint density at radius 3 is 2.79 bits per heavy atom. The van der Waals surface area contributed by atoms with E-state index in [1.165, 1.54) is 4.90 Å². The lowest BCUT2D eigenvalue weighted by molar-refractivity contribution is -0.136. The summed E-state index contributed by atoms with van der Waals surface area (Å²) in [7, 11) is 0. The monoisotopic (exact) mass is 462 g/mol. The zero-order chi connectivity index (χ0) is 24.1. The second kappa shape index (κ2) is 10.6. The first kappa shape index (κ1) is 23.6. The molecule has 1 aliphatic rings. The molecule has 1 fully saturated rings. The number of carbonyl (C=O) groups is 2. The fourth-order valence-corrected chi connectivity index (χ4v) is 4.16. The Morgan fingerprint density at radius 2 is 2.00 bits per heavy atom. The molecule has 0 radical (unpaired) electrons. The molecule has 1 atom stereocenters. The van der Waals surface area contributed by atoms with Crippen LogP contribution >= 0.6 is 0 Å². The minimum atomic E-state index is -0.301. The van der Waals surface area contributed by atoms with Gasteiger partial charge in [0.05, 0.1) is 23.7 Å². The van der Waals surface area contributed by atoms with Crippen LogP contribution in [0.5, 0.6) is 0 Å². The normalized spacial score (nSPS) is 15.4. The number of aryl methyl sites for hydroxylation is 2. The van der Waals surface area contributed by atoms with Gasteiger partial charge in [-0.2, -0.15) is 0 Å². The minimum Gasteiger partial charge on any atom is -0.376 e. The number of aromatic nitrogens is 2. The van der Waals surface area contributed by atoms with Crippen LogP contribution in [0.15, 0.2) is 47.3 Å². The molecule has 2 amide bonds. The predicted octanol–water partition coefficient (Wildman–Crippen LogP) is 3.12. The second-order valence-electron chi connectivity index (χ2n) is 8.73. The summed E-state index contributed by atoms with van der Waals surface area (Å²) in [5.41, 5.74) is 4.15. The Hall–Kier alpha value is -3.52. The topological polar surface area (TPSA) is 104 Å². The van der Waals surface area contributed by atoms with Gasteiger partial charge in [0.2, 0.25) is 11.8 Å². The van der Waals surface area contributed by atoms with Gasteiger partial charge in [-0.3, -0.25) is 14.4 Å². The Balaban J connectivity index is 1.44. The summed E-state index contributed by atoms with van der Waals surface area (Å²) < 4.78 is 5.71. The van der Waals surface area contributed by atoms with Crippen molar-refractivity contribution < 1.29 is 14.3 Å². The van der Waals surface area contributed by atoms with E-state index < -0.39 is 0 Å². The Labute approximate surface area is 198 Å². The number of para-hydroxylation sites is 2. The molecule has 2 aromatic carbocycles. The number of carbonyl (C=O) groups excluding carboxylic acids is 2. The van der Waals surface area contributed by atoms with E-state index in [1.54, 1.807) is 6.07 Å². The molecule has 3 aromatic rings. The third-order valence-corrected chi connectivity index (χ3v) is 6.26. The van der Waals surface area contributed by atoms with Crippen LogP contribution in [0.1, 0.15) is 36.1 Å². The number of hydrogen-bond acceptors (Lipinski definition) is 5. The van der Waals surface area contributed by atoms with E-state index in [1.807, 2.05) is 50.2 Å². The Morgan fingerprint density at radius 1 is 1.18 bits per heavy atom. The van der Waals surface area contributed by atoms with E-state index in [4.69, 9.17) is 4.74 Å². The summed E-state index contributed by atoms with van der Waals surface area (Å²) >= 11 is 0. The van der Waals surface area contributed by atoms with Crippen molar-refractivity contribution in [1.29, 1.82) is 0 Å². The van der Waals surface area contributed by atoms with Gasteiger partial charge in [-0.1, -0.05) is 24.3 Å². The number of fused-ring (bicyclic) bond motifs is 1. The van der Waals surface area contributed by atoms with Crippen molar-refractivity contribution in [2.24, 2.45) is 0 Å². The number of H-pyrrole nitrogens is 1. The highest BCUT2D eigenvalue weighted by Gasteiger charge is 2.25. The Bertz CT molecular complexity index is 1250. The number of nitrogens with one attached hydrogen (secondary N) is 2. The van der Waals surface area contributed by atoms with Crippen LogP contribution in [-0.4, -0.2) is 52.5 Å². The van der Waals surface area contributed by atoms with Gasteiger partial charge in [-0.05, 0) is 56.0 Å². The fraction of sp³-hybridized carbons (Fsp3) is 0.385. The molecule has 8 heteroatoms. The number of anilines is 1. The lowest BCUT2D eigenvalue weighted by Crippen LogP contribution is -2.42. The molecule has 8 nitrogen and oxygen atoms in total. The van der Waals surface area contributed by atoms with Crippen LogP contribution in [0.2, 0.25) is 0 Å². The number of hydrogen-bond donors (Lipinski definition) is 2. The molecule has 2 heterocycles. The van der Waals surface area contributed by atoms with Crippen LogP contribution in [0, 0.1) is 13.8 Å². The van der Waals surface area contributed by atoms with E-state index in [2.05, 4.69) is 15.3 Å². The molecular formula is C26H30N4O4. The van der Waals surface area contributed by atoms with Crippen molar-refractivity contribution in [2.75, 3.05) is 25.0 Å². The van der Waals surface area contributed by atoms with Crippen LogP contribution < -0.4 is 10.9 Å². The Kier molecular flexibility index (Phi) is 7.37. The minimum absolute atomic E-state index is 0.0758. The van der Waals surface area contributed by atoms with Crippen LogP contribution in [0.25, 0.3) is 11.0 Å². The van der Waals surface area contributed by atoms with E-state index in [0.717, 1.165) is 29.7 Å². The van der Waals surface area contributed by atoms with Gasteiger partial charge in [0.1, 0.15) is 5.69 Å². The van der Waals surface area contributed by atoms with Crippen molar-refractivity contribution in [3.8, 4) is 0 Å². The molecule has 0 spiro atoms. The summed E-state index contributed by atoms with van der Waals surface area (Å²) in [6, 6.07) is 13.0. The number of amides is 2. The molecule has 1 saturated heterocycles. The molecule has 0 bridgehead atoms. The summed E-state index contributed by atoms with van der Waals surface area (Å²) in [6.07, 6.45) is 1.99.